The van der Waals surface area contributed by atoms with Gasteiger partial charge in [-0.1, -0.05) is 36.9 Å². The van der Waals surface area contributed by atoms with Gasteiger partial charge in [0.25, 0.3) is 0 Å². The van der Waals surface area contributed by atoms with Crippen LogP contribution in [0.5, 0.6) is 5.75 Å². The molecular weight excluding hydrogens is 384 g/mol. The van der Waals surface area contributed by atoms with E-state index >= 15 is 0 Å². The lowest BCUT2D eigenvalue weighted by atomic mass is 10.1. The van der Waals surface area contributed by atoms with Crippen molar-refractivity contribution in [2.45, 2.75) is 32.3 Å². The van der Waals surface area contributed by atoms with E-state index < -0.39 is 0 Å². The van der Waals surface area contributed by atoms with Crippen LogP contribution in [0.1, 0.15) is 18.2 Å². The van der Waals surface area contributed by atoms with E-state index in [2.05, 4.69) is 34.3 Å². The largest absolute Gasteiger partial charge is 0.483 e. The van der Waals surface area contributed by atoms with E-state index in [1.54, 1.807) is 6.20 Å². The molecule has 0 radical (unpaired) electrons. The van der Waals surface area contributed by atoms with Crippen molar-refractivity contribution in [3.63, 3.8) is 0 Å². The van der Waals surface area contributed by atoms with Crippen LogP contribution in [0.4, 0.5) is 0 Å². The molecule has 0 N–H and O–H groups in total. The molecule has 0 spiro atoms. The van der Waals surface area contributed by atoms with E-state index in [-0.39, 0.29) is 17.7 Å². The molecule has 2 aromatic rings. The standard InChI is InChI=1S/C19H19BrN2O3/c1-12-10-24-16-9-21-8-15(20)18(23)19(17(21)13(2)22(12)16)25-11-14-6-4-3-5-7-14/h3-8,12,16H,2,9-11H2,1H3. The molecule has 2 atom stereocenters. The van der Waals surface area contributed by atoms with Crippen LogP contribution in [0, 0.1) is 0 Å². The Morgan fingerprint density at radius 1 is 1.36 bits per heavy atom. The Hall–Kier alpha value is -2.05. The summed E-state index contributed by atoms with van der Waals surface area (Å²) in [5.41, 5.74) is 2.36. The van der Waals surface area contributed by atoms with Gasteiger partial charge < -0.3 is 18.9 Å². The van der Waals surface area contributed by atoms with Crippen LogP contribution in [0.2, 0.25) is 0 Å². The van der Waals surface area contributed by atoms with E-state index in [0.717, 1.165) is 17.0 Å². The van der Waals surface area contributed by atoms with Crippen molar-refractivity contribution >= 4 is 21.6 Å². The lowest BCUT2D eigenvalue weighted by molar-refractivity contribution is 0.0366. The van der Waals surface area contributed by atoms with Gasteiger partial charge in [0.1, 0.15) is 18.5 Å². The fraction of sp³-hybridized carbons (Fsp3) is 0.316. The van der Waals surface area contributed by atoms with Gasteiger partial charge in [0.2, 0.25) is 5.43 Å². The third-order valence-electron chi connectivity index (χ3n) is 4.67. The summed E-state index contributed by atoms with van der Waals surface area (Å²) in [4.78, 5) is 14.8. The first kappa shape index (κ1) is 16.4. The van der Waals surface area contributed by atoms with Crippen LogP contribution < -0.4 is 10.2 Å². The minimum Gasteiger partial charge on any atom is -0.483 e. The molecule has 5 nitrogen and oxygen atoms in total. The molecule has 0 saturated carbocycles. The third kappa shape index (κ3) is 2.79. The highest BCUT2D eigenvalue weighted by molar-refractivity contribution is 9.10. The van der Waals surface area contributed by atoms with Crippen molar-refractivity contribution in [3.8, 4) is 5.75 Å². The van der Waals surface area contributed by atoms with Gasteiger partial charge >= 0.3 is 0 Å². The normalized spacial score (nSPS) is 21.8. The molecule has 1 aromatic carbocycles. The van der Waals surface area contributed by atoms with Gasteiger partial charge in [0, 0.05) is 6.20 Å². The lowest BCUT2D eigenvalue weighted by Crippen LogP contribution is -2.42. The highest BCUT2D eigenvalue weighted by Crippen LogP contribution is 2.37. The van der Waals surface area contributed by atoms with Crippen molar-refractivity contribution in [1.29, 1.82) is 0 Å². The summed E-state index contributed by atoms with van der Waals surface area (Å²) in [6.45, 7) is 7.96. The maximum atomic E-state index is 12.7. The second kappa shape index (κ2) is 6.35. The molecule has 2 aliphatic heterocycles. The number of hydrogen-bond acceptors (Lipinski definition) is 4. The zero-order valence-corrected chi connectivity index (χ0v) is 15.5. The van der Waals surface area contributed by atoms with E-state index in [0.29, 0.717) is 30.0 Å². The Morgan fingerprint density at radius 3 is 2.88 bits per heavy atom. The van der Waals surface area contributed by atoms with Crippen molar-refractivity contribution in [2.24, 2.45) is 0 Å². The highest BCUT2D eigenvalue weighted by atomic mass is 79.9. The van der Waals surface area contributed by atoms with Gasteiger partial charge in [-0.25, -0.2) is 0 Å². The maximum absolute atomic E-state index is 12.7. The van der Waals surface area contributed by atoms with E-state index in [1.165, 1.54) is 0 Å². The van der Waals surface area contributed by atoms with Crippen LogP contribution in [-0.4, -0.2) is 28.3 Å². The van der Waals surface area contributed by atoms with Gasteiger partial charge in [-0.2, -0.15) is 0 Å². The SMILES string of the molecule is C=C1c2c(OCc3ccccc3)c(=O)c(Br)cn2CC2OCC(C)N12. The molecule has 0 amide bonds. The van der Waals surface area contributed by atoms with Crippen molar-refractivity contribution in [2.75, 3.05) is 6.61 Å². The minimum atomic E-state index is -0.158. The topological polar surface area (TPSA) is 43.7 Å². The van der Waals surface area contributed by atoms with Gasteiger partial charge in [0.05, 0.1) is 29.4 Å². The second-order valence-electron chi connectivity index (χ2n) is 6.40. The predicted octanol–water partition coefficient (Wildman–Crippen LogP) is 3.22. The van der Waals surface area contributed by atoms with Crippen molar-refractivity contribution in [1.82, 2.24) is 9.47 Å². The first-order valence-corrected chi connectivity index (χ1v) is 9.04. The number of fused-ring (bicyclic) bond motifs is 2. The summed E-state index contributed by atoms with van der Waals surface area (Å²) in [5.74, 6) is 0.334. The molecule has 3 heterocycles. The molecular formula is C19H19BrN2O3. The third-order valence-corrected chi connectivity index (χ3v) is 5.24. The van der Waals surface area contributed by atoms with Crippen LogP contribution in [-0.2, 0) is 17.9 Å². The fourth-order valence-corrected chi connectivity index (χ4v) is 3.90. The molecule has 0 bridgehead atoms. The number of halogens is 1. The van der Waals surface area contributed by atoms with Crippen molar-refractivity contribution < 1.29 is 9.47 Å². The van der Waals surface area contributed by atoms with Gasteiger partial charge in [-0.15, -0.1) is 0 Å². The number of benzene rings is 1. The number of nitrogens with zero attached hydrogens (tertiary/aromatic N) is 2. The Morgan fingerprint density at radius 2 is 2.12 bits per heavy atom. The first-order valence-electron chi connectivity index (χ1n) is 8.25. The Kier molecular flexibility index (Phi) is 4.17. The number of pyridine rings is 1. The number of ether oxygens (including phenoxy) is 2. The van der Waals surface area contributed by atoms with Crippen molar-refractivity contribution in [3.05, 3.63) is 69.1 Å². The Labute approximate surface area is 154 Å². The Bertz CT molecular complexity index is 878. The predicted molar refractivity (Wildman–Crippen MR) is 99.3 cm³/mol. The molecule has 1 saturated heterocycles. The van der Waals surface area contributed by atoms with Crippen LogP contribution >= 0.6 is 15.9 Å². The first-order chi connectivity index (χ1) is 12.1. The van der Waals surface area contributed by atoms with Crippen LogP contribution in [0.25, 0.3) is 5.70 Å². The highest BCUT2D eigenvalue weighted by Gasteiger charge is 2.39. The zero-order valence-electron chi connectivity index (χ0n) is 13.9. The molecule has 2 unspecified atom stereocenters. The summed E-state index contributed by atoms with van der Waals surface area (Å²) in [5, 5.41) is 0. The molecule has 4 rings (SSSR count). The average molecular weight is 403 g/mol. The minimum absolute atomic E-state index is 0.0497. The van der Waals surface area contributed by atoms with Gasteiger partial charge in [-0.3, -0.25) is 4.79 Å². The quantitative estimate of drug-likeness (QED) is 0.790. The van der Waals surface area contributed by atoms with Crippen LogP contribution in [0.3, 0.4) is 0 Å². The fourth-order valence-electron chi connectivity index (χ4n) is 3.48. The molecule has 6 heteroatoms. The number of rotatable bonds is 3. The number of aromatic nitrogens is 1. The van der Waals surface area contributed by atoms with Gasteiger partial charge in [-0.05, 0) is 28.4 Å². The van der Waals surface area contributed by atoms with Gasteiger partial charge in [0.15, 0.2) is 5.75 Å². The summed E-state index contributed by atoms with van der Waals surface area (Å²) in [6.07, 6.45) is 1.74. The molecule has 25 heavy (non-hydrogen) atoms. The lowest BCUT2D eigenvalue weighted by Gasteiger charge is -2.37. The average Bonchev–Trinajstić information content (AvgIpc) is 2.98. The zero-order chi connectivity index (χ0) is 17.6. The summed E-state index contributed by atoms with van der Waals surface area (Å²) >= 11 is 3.36. The van der Waals surface area contributed by atoms with E-state index in [9.17, 15) is 4.79 Å². The monoisotopic (exact) mass is 402 g/mol. The molecule has 0 aliphatic carbocycles. The summed E-state index contributed by atoms with van der Waals surface area (Å²) in [6, 6.07) is 10.0. The van der Waals surface area contributed by atoms with E-state index in [4.69, 9.17) is 9.47 Å². The molecule has 1 fully saturated rings. The molecule has 2 aliphatic rings. The Balaban J connectivity index is 1.75. The second-order valence-corrected chi connectivity index (χ2v) is 7.26. The number of hydrogen-bond donors (Lipinski definition) is 0. The smallest absolute Gasteiger partial charge is 0.238 e. The molecule has 1 aromatic heterocycles. The molecule has 130 valence electrons. The maximum Gasteiger partial charge on any atom is 0.238 e. The summed E-state index contributed by atoms with van der Waals surface area (Å²) < 4.78 is 14.3. The summed E-state index contributed by atoms with van der Waals surface area (Å²) in [7, 11) is 0. The van der Waals surface area contributed by atoms with Crippen LogP contribution in [0.15, 0.2) is 52.4 Å². The van der Waals surface area contributed by atoms with E-state index in [1.807, 2.05) is 34.9 Å².